The van der Waals surface area contributed by atoms with Gasteiger partial charge in [-0.1, -0.05) is 12.1 Å². The molecule has 8 heteroatoms. The Bertz CT molecular complexity index is 854. The fraction of sp³-hybridized carbons (Fsp3) is 0.125. The number of nitrogens with two attached hydrogens (primary N) is 1. The minimum atomic E-state index is -3.71. The normalized spacial score (nSPS) is 10.7. The number of nitrogens with zero attached hydrogens (tertiary/aromatic N) is 1. The lowest BCUT2D eigenvalue weighted by atomic mass is 10.2. The Labute approximate surface area is 140 Å². The van der Waals surface area contributed by atoms with Gasteiger partial charge < -0.3 is 10.6 Å². The molecule has 0 aliphatic rings. The number of carbonyl (C=O) groups excluding carboxylic acids is 1. The van der Waals surface area contributed by atoms with Crippen molar-refractivity contribution in [3.63, 3.8) is 0 Å². The molecule has 0 radical (unpaired) electrons. The molecule has 24 heavy (non-hydrogen) atoms. The minimum Gasteiger partial charge on any atom is -0.376 e. The van der Waals surface area contributed by atoms with E-state index in [9.17, 15) is 13.2 Å². The number of primary sulfonamides is 1. The van der Waals surface area contributed by atoms with Crippen LogP contribution in [0.25, 0.3) is 0 Å². The molecule has 2 rings (SSSR count). The van der Waals surface area contributed by atoms with Crippen molar-refractivity contribution in [2.24, 2.45) is 5.14 Å². The molecule has 0 saturated carbocycles. The van der Waals surface area contributed by atoms with Gasteiger partial charge in [-0.3, -0.25) is 4.79 Å². The number of rotatable bonds is 6. The zero-order chi connectivity index (χ0) is 17.6. The number of anilines is 1. The second kappa shape index (κ2) is 7.59. The lowest BCUT2D eigenvalue weighted by Gasteiger charge is -2.08. The number of carbonyl (C=O) groups is 1. The summed E-state index contributed by atoms with van der Waals surface area (Å²) in [6, 6.07) is 14.8. The maximum atomic E-state index is 11.8. The Kier molecular flexibility index (Phi) is 5.52. The van der Waals surface area contributed by atoms with E-state index in [4.69, 9.17) is 10.4 Å². The zero-order valence-electron chi connectivity index (χ0n) is 12.7. The molecule has 4 N–H and O–H groups in total. The third-order valence-electron chi connectivity index (χ3n) is 3.21. The van der Waals surface area contributed by atoms with E-state index in [-0.39, 0.29) is 23.9 Å². The van der Waals surface area contributed by atoms with Crippen LogP contribution in [0.15, 0.2) is 53.4 Å². The first kappa shape index (κ1) is 17.5. The molecule has 0 aromatic heterocycles. The second-order valence-electron chi connectivity index (χ2n) is 5.01. The summed E-state index contributed by atoms with van der Waals surface area (Å²) >= 11 is 0. The first-order valence-electron chi connectivity index (χ1n) is 7.01. The summed E-state index contributed by atoms with van der Waals surface area (Å²) in [5, 5.41) is 19.4. The van der Waals surface area contributed by atoms with Crippen LogP contribution in [0.5, 0.6) is 0 Å². The maximum absolute atomic E-state index is 11.8. The van der Waals surface area contributed by atoms with E-state index < -0.39 is 10.0 Å². The van der Waals surface area contributed by atoms with Crippen LogP contribution in [0.3, 0.4) is 0 Å². The molecule has 0 bridgehead atoms. The average Bonchev–Trinajstić information content (AvgIpc) is 2.58. The van der Waals surface area contributed by atoms with Crippen LogP contribution in [0.4, 0.5) is 5.69 Å². The summed E-state index contributed by atoms with van der Waals surface area (Å²) in [6.07, 6.45) is 0. The van der Waals surface area contributed by atoms with E-state index in [0.29, 0.717) is 5.56 Å². The SMILES string of the molecule is N#Cc1ccc(NCC(=O)NCc2ccc(S(N)(=O)=O)cc2)cc1. The highest BCUT2D eigenvalue weighted by Crippen LogP contribution is 2.09. The fourth-order valence-corrected chi connectivity index (χ4v) is 2.42. The van der Waals surface area contributed by atoms with Gasteiger partial charge in [-0.25, -0.2) is 13.6 Å². The van der Waals surface area contributed by atoms with Gasteiger partial charge in [0.25, 0.3) is 0 Å². The van der Waals surface area contributed by atoms with Crippen LogP contribution in [0, 0.1) is 11.3 Å². The lowest BCUT2D eigenvalue weighted by Crippen LogP contribution is -2.29. The van der Waals surface area contributed by atoms with Crippen LogP contribution >= 0.6 is 0 Å². The number of sulfonamides is 1. The topological polar surface area (TPSA) is 125 Å². The number of nitrogens with one attached hydrogen (secondary N) is 2. The van der Waals surface area contributed by atoms with Crippen molar-refractivity contribution >= 4 is 21.6 Å². The lowest BCUT2D eigenvalue weighted by molar-refractivity contribution is -0.119. The van der Waals surface area contributed by atoms with E-state index in [0.717, 1.165) is 11.3 Å². The van der Waals surface area contributed by atoms with Gasteiger partial charge >= 0.3 is 0 Å². The zero-order valence-corrected chi connectivity index (χ0v) is 13.5. The van der Waals surface area contributed by atoms with Crippen LogP contribution in [0.1, 0.15) is 11.1 Å². The fourth-order valence-electron chi connectivity index (χ4n) is 1.91. The largest absolute Gasteiger partial charge is 0.376 e. The second-order valence-corrected chi connectivity index (χ2v) is 6.57. The molecule has 0 fully saturated rings. The molecule has 0 unspecified atom stereocenters. The van der Waals surface area contributed by atoms with Gasteiger partial charge in [-0.2, -0.15) is 5.26 Å². The Morgan fingerprint density at radius 3 is 2.25 bits per heavy atom. The first-order valence-corrected chi connectivity index (χ1v) is 8.55. The molecule has 2 aromatic rings. The van der Waals surface area contributed by atoms with Gasteiger partial charge in [0, 0.05) is 12.2 Å². The van der Waals surface area contributed by atoms with E-state index in [1.54, 1.807) is 36.4 Å². The smallest absolute Gasteiger partial charge is 0.239 e. The van der Waals surface area contributed by atoms with Crippen LogP contribution < -0.4 is 15.8 Å². The Hall–Kier alpha value is -2.89. The van der Waals surface area contributed by atoms with Crippen molar-refractivity contribution in [1.82, 2.24) is 5.32 Å². The van der Waals surface area contributed by atoms with Crippen LogP contribution in [-0.2, 0) is 21.4 Å². The van der Waals surface area contributed by atoms with E-state index in [1.807, 2.05) is 6.07 Å². The summed E-state index contributed by atoms with van der Waals surface area (Å²) in [5.41, 5.74) is 2.05. The van der Waals surface area contributed by atoms with E-state index >= 15 is 0 Å². The summed E-state index contributed by atoms with van der Waals surface area (Å²) in [6.45, 7) is 0.361. The van der Waals surface area contributed by atoms with Crippen LogP contribution in [0.2, 0.25) is 0 Å². The summed E-state index contributed by atoms with van der Waals surface area (Å²) in [5.74, 6) is -0.213. The van der Waals surface area contributed by atoms with Gasteiger partial charge in [0.05, 0.1) is 23.1 Å². The number of nitriles is 1. The molecular weight excluding hydrogens is 328 g/mol. The van der Waals surface area contributed by atoms with Gasteiger partial charge in [0.15, 0.2) is 0 Å². The summed E-state index contributed by atoms with van der Waals surface area (Å²) in [4.78, 5) is 11.8. The minimum absolute atomic E-state index is 0.0278. The van der Waals surface area contributed by atoms with Crippen molar-refractivity contribution in [3.8, 4) is 6.07 Å². The van der Waals surface area contributed by atoms with E-state index in [1.165, 1.54) is 12.1 Å². The molecule has 124 valence electrons. The van der Waals surface area contributed by atoms with Gasteiger partial charge in [-0.15, -0.1) is 0 Å². The van der Waals surface area contributed by atoms with Gasteiger partial charge in [-0.05, 0) is 42.0 Å². The Morgan fingerprint density at radius 2 is 1.71 bits per heavy atom. The molecule has 7 nitrogen and oxygen atoms in total. The number of amides is 1. The van der Waals surface area contributed by atoms with Crippen molar-refractivity contribution in [3.05, 3.63) is 59.7 Å². The third kappa shape index (κ3) is 5.08. The molecule has 0 atom stereocenters. The van der Waals surface area contributed by atoms with Crippen molar-refractivity contribution < 1.29 is 13.2 Å². The predicted molar refractivity (Wildman–Crippen MR) is 89.3 cm³/mol. The highest BCUT2D eigenvalue weighted by atomic mass is 32.2. The molecule has 2 aromatic carbocycles. The third-order valence-corrected chi connectivity index (χ3v) is 4.14. The molecule has 0 spiro atoms. The molecule has 0 aliphatic carbocycles. The predicted octanol–water partition coefficient (Wildman–Crippen LogP) is 0.934. The Balaban J connectivity index is 1.81. The molecule has 0 aliphatic heterocycles. The highest BCUT2D eigenvalue weighted by Gasteiger charge is 2.07. The summed E-state index contributed by atoms with van der Waals surface area (Å²) in [7, 11) is -3.71. The average molecular weight is 344 g/mol. The standard InChI is InChI=1S/C16H16N4O3S/c17-9-12-1-5-14(6-2-12)19-11-16(21)20-10-13-3-7-15(8-4-13)24(18,22)23/h1-8,19H,10-11H2,(H,20,21)(H2,18,22,23). The molecule has 0 heterocycles. The quantitative estimate of drug-likeness (QED) is 0.719. The maximum Gasteiger partial charge on any atom is 0.239 e. The first-order chi connectivity index (χ1) is 11.4. The number of hydrogen-bond donors (Lipinski definition) is 3. The number of hydrogen-bond acceptors (Lipinski definition) is 5. The van der Waals surface area contributed by atoms with Crippen molar-refractivity contribution in [2.75, 3.05) is 11.9 Å². The number of benzene rings is 2. The summed E-state index contributed by atoms with van der Waals surface area (Å²) < 4.78 is 22.3. The molecule has 0 saturated heterocycles. The Morgan fingerprint density at radius 1 is 1.08 bits per heavy atom. The monoisotopic (exact) mass is 344 g/mol. The molecular formula is C16H16N4O3S. The van der Waals surface area contributed by atoms with Gasteiger partial charge in [0.1, 0.15) is 0 Å². The van der Waals surface area contributed by atoms with E-state index in [2.05, 4.69) is 10.6 Å². The van der Waals surface area contributed by atoms with Gasteiger partial charge in [0.2, 0.25) is 15.9 Å². The van der Waals surface area contributed by atoms with Crippen molar-refractivity contribution in [1.29, 1.82) is 5.26 Å². The molecule has 1 amide bonds. The van der Waals surface area contributed by atoms with Crippen LogP contribution in [-0.4, -0.2) is 20.9 Å². The highest BCUT2D eigenvalue weighted by molar-refractivity contribution is 7.89. The van der Waals surface area contributed by atoms with Crippen molar-refractivity contribution in [2.45, 2.75) is 11.4 Å².